The largest absolute Gasteiger partial charge is 1.00 e. The number of hydrogen-bond acceptors (Lipinski definition) is 4. The number of nitrogen functional groups attached to an aromatic ring is 2. The first-order valence-corrected chi connectivity index (χ1v) is 5.46. The number of carbonyl (C=O) groups is 1. The molecule has 0 radical (unpaired) electrons. The zero-order valence-corrected chi connectivity index (χ0v) is 14.1. The van der Waals surface area contributed by atoms with Crippen LogP contribution in [0.5, 0.6) is 5.75 Å². The van der Waals surface area contributed by atoms with Crippen molar-refractivity contribution in [3.05, 3.63) is 53.1 Å². The second kappa shape index (κ2) is 6.54. The zero-order valence-electron chi connectivity index (χ0n) is 10.9. The molecule has 19 heavy (non-hydrogen) atoms. The van der Waals surface area contributed by atoms with E-state index in [9.17, 15) is 9.90 Å². The molecule has 4 nitrogen and oxygen atoms in total. The molecule has 0 spiro atoms. The number of ketones is 1. The van der Waals surface area contributed by atoms with Gasteiger partial charge in [-0.15, -0.1) is 5.75 Å². The van der Waals surface area contributed by atoms with Gasteiger partial charge in [0.15, 0.2) is 5.78 Å². The summed E-state index contributed by atoms with van der Waals surface area (Å²) in [5.41, 5.74) is 13.4. The van der Waals surface area contributed by atoms with Gasteiger partial charge in [-0.3, -0.25) is 4.79 Å². The molecule has 0 amide bonds. The van der Waals surface area contributed by atoms with Gasteiger partial charge in [0.2, 0.25) is 0 Å². The first-order valence-electron chi connectivity index (χ1n) is 5.46. The molecule has 92 valence electrons. The van der Waals surface area contributed by atoms with Gasteiger partial charge in [0.1, 0.15) is 0 Å². The molecule has 0 heterocycles. The van der Waals surface area contributed by atoms with E-state index in [0.29, 0.717) is 28.1 Å². The van der Waals surface area contributed by atoms with Crippen LogP contribution in [0.4, 0.5) is 11.4 Å². The predicted molar refractivity (Wildman–Crippen MR) is 69.3 cm³/mol. The van der Waals surface area contributed by atoms with Gasteiger partial charge in [-0.25, -0.2) is 0 Å². The number of carbonyl (C=O) groups excluding carboxylic acids is 1. The van der Waals surface area contributed by atoms with Crippen molar-refractivity contribution in [3.8, 4) is 5.75 Å². The summed E-state index contributed by atoms with van der Waals surface area (Å²) < 4.78 is 0. The van der Waals surface area contributed by atoms with Crippen LogP contribution in [0.15, 0.2) is 36.4 Å². The van der Waals surface area contributed by atoms with E-state index >= 15 is 0 Å². The normalized spacial score (nSPS) is 9.74. The average molecular weight is 280 g/mol. The van der Waals surface area contributed by atoms with Crippen LogP contribution in [0.2, 0.25) is 0 Å². The fourth-order valence-electron chi connectivity index (χ4n) is 1.62. The van der Waals surface area contributed by atoms with E-state index in [1.165, 1.54) is 12.1 Å². The van der Waals surface area contributed by atoms with Crippen LogP contribution >= 0.6 is 0 Å². The summed E-state index contributed by atoms with van der Waals surface area (Å²) in [5, 5.41) is 11.5. The van der Waals surface area contributed by atoms with Crippen LogP contribution in [0.1, 0.15) is 21.5 Å². The maximum atomic E-state index is 12.1. The Kier molecular flexibility index (Phi) is 5.58. The molecule has 0 unspecified atom stereocenters. The Bertz CT molecular complexity index is 573. The average Bonchev–Trinajstić information content (AvgIpc) is 2.35. The third-order valence-electron chi connectivity index (χ3n) is 2.80. The minimum atomic E-state index is -0.237. The van der Waals surface area contributed by atoms with Gasteiger partial charge in [-0.05, 0) is 25.1 Å². The molecule has 5 heteroatoms. The van der Waals surface area contributed by atoms with Crippen LogP contribution in [-0.2, 0) is 0 Å². The second-order valence-corrected chi connectivity index (χ2v) is 4.15. The molecule has 0 aliphatic heterocycles. The van der Waals surface area contributed by atoms with E-state index in [4.69, 9.17) is 11.5 Å². The van der Waals surface area contributed by atoms with Gasteiger partial charge in [0.25, 0.3) is 0 Å². The van der Waals surface area contributed by atoms with E-state index in [2.05, 4.69) is 0 Å². The summed E-state index contributed by atoms with van der Waals surface area (Å²) in [6.45, 7) is 1.71. The smallest absolute Gasteiger partial charge is 0.872 e. The molecule has 2 aromatic carbocycles. The second-order valence-electron chi connectivity index (χ2n) is 4.15. The molecule has 2 aromatic rings. The molecule has 0 fully saturated rings. The van der Waals surface area contributed by atoms with Gasteiger partial charge >= 0.3 is 51.4 Å². The van der Waals surface area contributed by atoms with Gasteiger partial charge in [-0.1, -0.05) is 23.8 Å². The van der Waals surface area contributed by atoms with Crippen molar-refractivity contribution in [1.29, 1.82) is 0 Å². The number of anilines is 2. The van der Waals surface area contributed by atoms with Gasteiger partial charge in [0.05, 0.1) is 11.4 Å². The standard InChI is InChI=1S/C14H14N2O2.K/c1-8-2-3-10(7-13(8)17)14(18)9-4-5-11(15)12(16)6-9;/h2-7,17H,15-16H2,1H3;/q;+1/p-1. The van der Waals surface area contributed by atoms with Crippen molar-refractivity contribution in [2.24, 2.45) is 0 Å². The van der Waals surface area contributed by atoms with Crippen LogP contribution in [-0.4, -0.2) is 5.78 Å². The quantitative estimate of drug-likeness (QED) is 0.396. The first kappa shape index (κ1) is 16.2. The fraction of sp³-hybridized carbons (Fsp3) is 0.0714. The van der Waals surface area contributed by atoms with E-state index in [-0.39, 0.29) is 62.9 Å². The summed E-state index contributed by atoms with van der Waals surface area (Å²) >= 11 is 0. The molecule has 0 aromatic heterocycles. The molecule has 0 atom stereocenters. The molecule has 0 saturated carbocycles. The Balaban J connectivity index is 0.00000180. The SMILES string of the molecule is Cc1ccc(C(=O)c2ccc(N)c(N)c2)cc1[O-].[K+]. The van der Waals surface area contributed by atoms with E-state index in [1.807, 2.05) is 0 Å². The Morgan fingerprint density at radius 1 is 1.00 bits per heavy atom. The van der Waals surface area contributed by atoms with E-state index in [1.54, 1.807) is 31.2 Å². The first-order chi connectivity index (χ1) is 8.49. The van der Waals surface area contributed by atoms with E-state index in [0.717, 1.165) is 0 Å². The van der Waals surface area contributed by atoms with E-state index < -0.39 is 0 Å². The molecular formula is C14H13KN2O2. The topological polar surface area (TPSA) is 92.2 Å². The molecule has 4 N–H and O–H groups in total. The number of nitrogens with two attached hydrogens (primary N) is 2. The Hall–Kier alpha value is -0.854. The number of rotatable bonds is 2. The Morgan fingerprint density at radius 3 is 2.16 bits per heavy atom. The third kappa shape index (κ3) is 3.58. The molecule has 2 rings (SSSR count). The van der Waals surface area contributed by atoms with Crippen LogP contribution in [0.3, 0.4) is 0 Å². The fourth-order valence-corrected chi connectivity index (χ4v) is 1.62. The molecule has 0 aliphatic carbocycles. The minimum absolute atomic E-state index is 0. The van der Waals surface area contributed by atoms with Gasteiger partial charge in [0, 0.05) is 11.1 Å². The minimum Gasteiger partial charge on any atom is -0.872 e. The molecule has 0 aliphatic rings. The summed E-state index contributed by atoms with van der Waals surface area (Å²) in [6, 6.07) is 9.29. The summed E-state index contributed by atoms with van der Waals surface area (Å²) in [7, 11) is 0. The van der Waals surface area contributed by atoms with Crippen molar-refractivity contribution in [2.45, 2.75) is 6.92 Å². The third-order valence-corrected chi connectivity index (χ3v) is 2.80. The van der Waals surface area contributed by atoms with Gasteiger partial charge in [-0.2, -0.15) is 0 Å². The summed E-state index contributed by atoms with van der Waals surface area (Å²) in [4.78, 5) is 12.1. The molecular weight excluding hydrogens is 267 g/mol. The van der Waals surface area contributed by atoms with Crippen LogP contribution in [0.25, 0.3) is 0 Å². The predicted octanol–water partition coefficient (Wildman–Crippen LogP) is -1.53. The Labute approximate surface area is 154 Å². The van der Waals surface area contributed by atoms with Gasteiger partial charge < -0.3 is 16.6 Å². The zero-order chi connectivity index (χ0) is 13.3. The number of aryl methyl sites for hydroxylation is 1. The molecule has 0 saturated heterocycles. The monoisotopic (exact) mass is 280 g/mol. The number of hydrogen-bond donors (Lipinski definition) is 2. The summed E-state index contributed by atoms with van der Waals surface area (Å²) in [6.07, 6.45) is 0. The van der Waals surface area contributed by atoms with Crippen LogP contribution < -0.4 is 68.0 Å². The van der Waals surface area contributed by atoms with Crippen molar-refractivity contribution in [1.82, 2.24) is 0 Å². The summed E-state index contributed by atoms with van der Waals surface area (Å²) in [5.74, 6) is -0.386. The van der Waals surface area contributed by atoms with Crippen molar-refractivity contribution in [2.75, 3.05) is 11.5 Å². The maximum absolute atomic E-state index is 12.1. The number of benzene rings is 2. The maximum Gasteiger partial charge on any atom is 1.00 e. The van der Waals surface area contributed by atoms with Crippen molar-refractivity contribution < 1.29 is 61.3 Å². The Morgan fingerprint density at radius 2 is 1.58 bits per heavy atom. The molecule has 0 bridgehead atoms. The van der Waals surface area contributed by atoms with Crippen LogP contribution in [0, 0.1) is 6.92 Å². The van der Waals surface area contributed by atoms with Crippen molar-refractivity contribution in [3.63, 3.8) is 0 Å². The van der Waals surface area contributed by atoms with Crippen molar-refractivity contribution >= 4 is 17.2 Å².